The van der Waals surface area contributed by atoms with E-state index in [1.807, 2.05) is 0 Å². The average molecular weight is 302 g/mol. The highest BCUT2D eigenvalue weighted by molar-refractivity contribution is 6.30. The smallest absolute Gasteiger partial charge is 0.416 e. The van der Waals surface area contributed by atoms with Gasteiger partial charge in [0.1, 0.15) is 11.5 Å². The first-order chi connectivity index (χ1) is 9.25. The predicted molar refractivity (Wildman–Crippen MR) is 72.1 cm³/mol. The number of hydrogen-bond acceptors (Lipinski definition) is 2. The molecule has 0 aliphatic heterocycles. The third kappa shape index (κ3) is 3.36. The van der Waals surface area contributed by atoms with Gasteiger partial charge >= 0.3 is 6.18 Å². The molecule has 0 aromatic heterocycles. The number of anilines is 1. The van der Waals surface area contributed by atoms with Gasteiger partial charge < -0.3 is 10.5 Å². The summed E-state index contributed by atoms with van der Waals surface area (Å²) in [4.78, 5) is 0. The molecule has 106 valence electrons. The van der Waals surface area contributed by atoms with Gasteiger partial charge in [-0.05, 0) is 36.8 Å². The highest BCUT2D eigenvalue weighted by Crippen LogP contribution is 2.35. The summed E-state index contributed by atoms with van der Waals surface area (Å²) in [7, 11) is 0. The Labute approximate surface area is 118 Å². The van der Waals surface area contributed by atoms with E-state index in [0.717, 1.165) is 17.7 Å². The van der Waals surface area contributed by atoms with Crippen molar-refractivity contribution < 1.29 is 17.9 Å². The highest BCUT2D eigenvalue weighted by Gasteiger charge is 2.31. The highest BCUT2D eigenvalue weighted by atomic mass is 35.5. The standard InChI is InChI=1S/C14H11ClF3NO/c1-8-2-3-10(15)6-13(8)20-12-5-9(14(16,17)18)4-11(19)7-12/h2-7H,19H2,1H3. The minimum Gasteiger partial charge on any atom is -0.457 e. The van der Waals surface area contributed by atoms with Crippen LogP contribution in [0.15, 0.2) is 36.4 Å². The van der Waals surface area contributed by atoms with Crippen LogP contribution >= 0.6 is 11.6 Å². The zero-order valence-corrected chi connectivity index (χ0v) is 11.2. The van der Waals surface area contributed by atoms with E-state index in [0.29, 0.717) is 10.8 Å². The number of benzene rings is 2. The summed E-state index contributed by atoms with van der Waals surface area (Å²) >= 11 is 5.83. The Morgan fingerprint density at radius 2 is 1.80 bits per heavy atom. The van der Waals surface area contributed by atoms with Crippen molar-refractivity contribution in [3.63, 3.8) is 0 Å². The van der Waals surface area contributed by atoms with Gasteiger partial charge in [0.25, 0.3) is 0 Å². The third-order valence-electron chi connectivity index (χ3n) is 2.63. The third-order valence-corrected chi connectivity index (χ3v) is 2.87. The Bertz CT molecular complexity index is 641. The Balaban J connectivity index is 2.39. The molecule has 2 nitrogen and oxygen atoms in total. The van der Waals surface area contributed by atoms with Gasteiger partial charge in [0, 0.05) is 16.8 Å². The summed E-state index contributed by atoms with van der Waals surface area (Å²) in [5.74, 6) is 0.402. The lowest BCUT2D eigenvalue weighted by Gasteiger charge is -2.13. The molecule has 2 aromatic carbocycles. The number of alkyl halides is 3. The SMILES string of the molecule is Cc1ccc(Cl)cc1Oc1cc(N)cc(C(F)(F)F)c1. The molecule has 0 aliphatic carbocycles. The number of nitrogens with two attached hydrogens (primary N) is 1. The molecule has 0 fully saturated rings. The van der Waals surface area contributed by atoms with E-state index in [9.17, 15) is 13.2 Å². The summed E-state index contributed by atoms with van der Waals surface area (Å²) in [5.41, 5.74) is 5.35. The van der Waals surface area contributed by atoms with Crippen LogP contribution in [-0.4, -0.2) is 0 Å². The largest absolute Gasteiger partial charge is 0.457 e. The molecule has 0 radical (unpaired) electrons. The van der Waals surface area contributed by atoms with Gasteiger partial charge in [-0.1, -0.05) is 17.7 Å². The van der Waals surface area contributed by atoms with E-state index >= 15 is 0 Å². The second-order valence-electron chi connectivity index (χ2n) is 4.30. The van der Waals surface area contributed by atoms with Crippen LogP contribution in [0.1, 0.15) is 11.1 Å². The zero-order valence-electron chi connectivity index (χ0n) is 10.5. The van der Waals surface area contributed by atoms with Crippen molar-refractivity contribution in [1.29, 1.82) is 0 Å². The summed E-state index contributed by atoms with van der Waals surface area (Å²) in [6, 6.07) is 8.01. The number of nitrogen functional groups attached to an aromatic ring is 1. The lowest BCUT2D eigenvalue weighted by molar-refractivity contribution is -0.137. The molecule has 2 aromatic rings. The normalized spacial score (nSPS) is 11.4. The first-order valence-electron chi connectivity index (χ1n) is 5.67. The molecule has 0 saturated heterocycles. The van der Waals surface area contributed by atoms with E-state index in [-0.39, 0.29) is 11.4 Å². The summed E-state index contributed by atoms with van der Waals surface area (Å²) < 4.78 is 43.5. The maximum atomic E-state index is 12.7. The maximum Gasteiger partial charge on any atom is 0.416 e. The van der Waals surface area contributed by atoms with E-state index < -0.39 is 11.7 Å². The van der Waals surface area contributed by atoms with Gasteiger partial charge in [0.2, 0.25) is 0 Å². The molecule has 20 heavy (non-hydrogen) atoms. The van der Waals surface area contributed by atoms with Gasteiger partial charge in [0.15, 0.2) is 0 Å². The molecule has 0 amide bonds. The molecule has 0 spiro atoms. The van der Waals surface area contributed by atoms with Crippen molar-refractivity contribution in [3.8, 4) is 11.5 Å². The number of ether oxygens (including phenoxy) is 1. The predicted octanol–water partition coefficient (Wildman–Crippen LogP) is 5.04. The van der Waals surface area contributed by atoms with E-state index in [2.05, 4.69) is 0 Å². The van der Waals surface area contributed by atoms with Gasteiger partial charge in [-0.3, -0.25) is 0 Å². The van der Waals surface area contributed by atoms with Crippen LogP contribution in [-0.2, 0) is 6.18 Å². The molecule has 0 aliphatic rings. The molecule has 0 heterocycles. The lowest BCUT2D eigenvalue weighted by atomic mass is 10.1. The Morgan fingerprint density at radius 1 is 1.10 bits per heavy atom. The molecule has 0 saturated carbocycles. The van der Waals surface area contributed by atoms with Crippen molar-refractivity contribution in [2.45, 2.75) is 13.1 Å². The van der Waals surface area contributed by atoms with Crippen LogP contribution in [0.2, 0.25) is 5.02 Å². The Morgan fingerprint density at radius 3 is 2.45 bits per heavy atom. The molecule has 0 bridgehead atoms. The molecule has 2 rings (SSSR count). The molecule has 2 N–H and O–H groups in total. The second-order valence-corrected chi connectivity index (χ2v) is 4.74. The van der Waals surface area contributed by atoms with Crippen molar-refractivity contribution in [3.05, 3.63) is 52.5 Å². The zero-order chi connectivity index (χ0) is 14.9. The van der Waals surface area contributed by atoms with Crippen LogP contribution in [0.5, 0.6) is 11.5 Å². The fraction of sp³-hybridized carbons (Fsp3) is 0.143. The number of aryl methyl sites for hydroxylation is 1. The van der Waals surface area contributed by atoms with E-state index in [1.165, 1.54) is 12.1 Å². The van der Waals surface area contributed by atoms with Crippen LogP contribution in [0.4, 0.5) is 18.9 Å². The number of rotatable bonds is 2. The monoisotopic (exact) mass is 301 g/mol. The topological polar surface area (TPSA) is 35.2 Å². The lowest BCUT2D eigenvalue weighted by Crippen LogP contribution is -2.06. The molecule has 0 unspecified atom stereocenters. The average Bonchev–Trinajstić information content (AvgIpc) is 2.32. The molecule has 0 atom stereocenters. The van der Waals surface area contributed by atoms with Crippen LogP contribution in [0.25, 0.3) is 0 Å². The van der Waals surface area contributed by atoms with E-state index in [1.54, 1.807) is 19.1 Å². The number of halogens is 4. The van der Waals surface area contributed by atoms with Gasteiger partial charge in [-0.25, -0.2) is 0 Å². The van der Waals surface area contributed by atoms with Crippen molar-refractivity contribution in [2.24, 2.45) is 0 Å². The first-order valence-corrected chi connectivity index (χ1v) is 6.05. The maximum absolute atomic E-state index is 12.7. The summed E-state index contributed by atoms with van der Waals surface area (Å²) in [5, 5.41) is 0.436. The van der Waals surface area contributed by atoms with Crippen LogP contribution in [0, 0.1) is 6.92 Å². The minimum absolute atomic E-state index is 0.0164. The van der Waals surface area contributed by atoms with Crippen LogP contribution < -0.4 is 10.5 Å². The number of hydrogen-bond donors (Lipinski definition) is 1. The Kier molecular flexibility index (Phi) is 3.81. The van der Waals surface area contributed by atoms with Crippen molar-refractivity contribution in [2.75, 3.05) is 5.73 Å². The van der Waals surface area contributed by atoms with Crippen molar-refractivity contribution >= 4 is 17.3 Å². The van der Waals surface area contributed by atoms with E-state index in [4.69, 9.17) is 22.1 Å². The molecular formula is C14H11ClF3NO. The van der Waals surface area contributed by atoms with Crippen LogP contribution in [0.3, 0.4) is 0 Å². The second kappa shape index (κ2) is 5.25. The quantitative estimate of drug-likeness (QED) is 0.789. The summed E-state index contributed by atoms with van der Waals surface area (Å²) in [6.45, 7) is 1.77. The summed E-state index contributed by atoms with van der Waals surface area (Å²) in [6.07, 6.45) is -4.48. The van der Waals surface area contributed by atoms with Gasteiger partial charge in [-0.2, -0.15) is 13.2 Å². The minimum atomic E-state index is -4.48. The van der Waals surface area contributed by atoms with Crippen molar-refractivity contribution in [1.82, 2.24) is 0 Å². The van der Waals surface area contributed by atoms with Gasteiger partial charge in [0.05, 0.1) is 5.56 Å². The Hall–Kier alpha value is -1.88. The molecular weight excluding hydrogens is 291 g/mol. The fourth-order valence-corrected chi connectivity index (χ4v) is 1.82. The molecule has 6 heteroatoms. The van der Waals surface area contributed by atoms with Gasteiger partial charge in [-0.15, -0.1) is 0 Å². The fourth-order valence-electron chi connectivity index (χ4n) is 1.66. The first kappa shape index (κ1) is 14.5.